The van der Waals surface area contributed by atoms with Gasteiger partial charge in [-0.3, -0.25) is 0 Å². The van der Waals surface area contributed by atoms with Gasteiger partial charge in [-0.25, -0.2) is 4.79 Å². The van der Waals surface area contributed by atoms with Crippen molar-refractivity contribution in [2.75, 3.05) is 13.1 Å². The Bertz CT molecular complexity index is 215. The van der Waals surface area contributed by atoms with E-state index in [1.54, 1.807) is 4.90 Å². The molecule has 0 radical (unpaired) electrons. The molecule has 3 nitrogen and oxygen atoms in total. The summed E-state index contributed by atoms with van der Waals surface area (Å²) in [6.45, 7) is 5.04. The fourth-order valence-corrected chi connectivity index (χ4v) is 1.19. The number of carbonyl (C=O) groups excluding carboxylic acids is 1. The van der Waals surface area contributed by atoms with Crippen LogP contribution in [0.3, 0.4) is 0 Å². The molecule has 0 aliphatic carbocycles. The van der Waals surface area contributed by atoms with Crippen molar-refractivity contribution in [1.82, 2.24) is 10.2 Å². The lowest BCUT2D eigenvalue weighted by Gasteiger charge is -2.15. The minimum absolute atomic E-state index is 0.0621. The molecule has 1 N–H and O–H groups in total. The van der Waals surface area contributed by atoms with E-state index in [4.69, 9.17) is 6.42 Å². The van der Waals surface area contributed by atoms with Gasteiger partial charge in [-0.05, 0) is 13.8 Å². The number of carbonyl (C=O) groups is 1. The Morgan fingerprint density at radius 1 is 1.82 bits per heavy atom. The van der Waals surface area contributed by atoms with Crippen LogP contribution in [0.4, 0.5) is 4.79 Å². The third kappa shape index (κ3) is 1.64. The lowest BCUT2D eigenvalue weighted by atomic mass is 10.1. The zero-order chi connectivity index (χ0) is 8.48. The van der Waals surface area contributed by atoms with Gasteiger partial charge in [0.05, 0.1) is 12.1 Å². The van der Waals surface area contributed by atoms with Gasteiger partial charge in [0, 0.05) is 6.54 Å². The number of terminal acetylenes is 1. The van der Waals surface area contributed by atoms with Crippen molar-refractivity contribution in [1.29, 1.82) is 0 Å². The molecule has 3 heteroatoms. The minimum Gasteiger partial charge on any atom is -0.331 e. The van der Waals surface area contributed by atoms with Crippen molar-refractivity contribution in [2.24, 2.45) is 0 Å². The van der Waals surface area contributed by atoms with Crippen molar-refractivity contribution < 1.29 is 4.79 Å². The molecule has 0 atom stereocenters. The van der Waals surface area contributed by atoms with E-state index in [1.165, 1.54) is 0 Å². The summed E-state index contributed by atoms with van der Waals surface area (Å²) in [7, 11) is 0. The summed E-state index contributed by atoms with van der Waals surface area (Å²) in [5.41, 5.74) is -0.131. The number of hydrogen-bond donors (Lipinski definition) is 1. The van der Waals surface area contributed by atoms with Crippen molar-refractivity contribution in [3.8, 4) is 12.3 Å². The van der Waals surface area contributed by atoms with Crippen LogP contribution in [-0.2, 0) is 0 Å². The van der Waals surface area contributed by atoms with Crippen molar-refractivity contribution in [3.05, 3.63) is 0 Å². The van der Waals surface area contributed by atoms with Crippen molar-refractivity contribution >= 4 is 6.03 Å². The van der Waals surface area contributed by atoms with Crippen LogP contribution in [0, 0.1) is 12.3 Å². The van der Waals surface area contributed by atoms with Gasteiger partial charge in [0.25, 0.3) is 0 Å². The Kier molecular flexibility index (Phi) is 1.77. The van der Waals surface area contributed by atoms with Crippen LogP contribution in [0.25, 0.3) is 0 Å². The summed E-state index contributed by atoms with van der Waals surface area (Å²) in [6, 6.07) is -0.0621. The molecule has 1 aliphatic heterocycles. The molecule has 0 unspecified atom stereocenters. The molecule has 1 rings (SSSR count). The zero-order valence-corrected chi connectivity index (χ0v) is 6.85. The average Bonchev–Trinajstić information content (AvgIpc) is 2.07. The van der Waals surface area contributed by atoms with Crippen molar-refractivity contribution in [3.63, 3.8) is 0 Å². The Morgan fingerprint density at radius 3 is 2.82 bits per heavy atom. The van der Waals surface area contributed by atoms with Crippen LogP contribution in [0.2, 0.25) is 0 Å². The summed E-state index contributed by atoms with van der Waals surface area (Å²) in [4.78, 5) is 12.7. The first-order valence-electron chi connectivity index (χ1n) is 3.56. The Labute approximate surface area is 66.8 Å². The summed E-state index contributed by atoms with van der Waals surface area (Å²) in [5, 5.41) is 2.82. The Morgan fingerprint density at radius 2 is 2.45 bits per heavy atom. The van der Waals surface area contributed by atoms with E-state index in [2.05, 4.69) is 11.2 Å². The topological polar surface area (TPSA) is 32.3 Å². The molecular weight excluding hydrogens is 140 g/mol. The molecule has 1 aliphatic rings. The van der Waals surface area contributed by atoms with Gasteiger partial charge in [0.2, 0.25) is 0 Å². The highest BCUT2D eigenvalue weighted by Gasteiger charge is 2.33. The molecule has 60 valence electrons. The summed E-state index contributed by atoms with van der Waals surface area (Å²) >= 11 is 0. The van der Waals surface area contributed by atoms with Crippen LogP contribution in [-0.4, -0.2) is 29.6 Å². The first kappa shape index (κ1) is 7.93. The Hall–Kier alpha value is -1.17. The maximum Gasteiger partial charge on any atom is 0.318 e. The summed E-state index contributed by atoms with van der Waals surface area (Å²) in [5.74, 6) is 2.44. The zero-order valence-electron chi connectivity index (χ0n) is 6.85. The number of urea groups is 1. The molecule has 0 aromatic rings. The number of hydrogen-bond acceptors (Lipinski definition) is 1. The fraction of sp³-hybridized carbons (Fsp3) is 0.625. The first-order valence-corrected chi connectivity index (χ1v) is 3.56. The van der Waals surface area contributed by atoms with Crippen LogP contribution in [0.15, 0.2) is 0 Å². The molecule has 1 fully saturated rings. The molecular formula is C8H12N2O. The highest BCUT2D eigenvalue weighted by molar-refractivity contribution is 5.77. The lowest BCUT2D eigenvalue weighted by molar-refractivity contribution is 0.222. The molecule has 0 bridgehead atoms. The SMILES string of the molecule is C#CCN1CC(C)(C)NC1=O. The van der Waals surface area contributed by atoms with Gasteiger partial charge in [0.1, 0.15) is 0 Å². The van der Waals surface area contributed by atoms with Crippen LogP contribution in [0.5, 0.6) is 0 Å². The fourth-order valence-electron chi connectivity index (χ4n) is 1.19. The summed E-state index contributed by atoms with van der Waals surface area (Å²) < 4.78 is 0. The standard InChI is InChI=1S/C8H12N2O/c1-4-5-10-6-8(2,3)9-7(10)11/h1H,5-6H2,2-3H3,(H,9,11). The molecule has 0 saturated carbocycles. The second-order valence-corrected chi connectivity index (χ2v) is 3.37. The third-order valence-corrected chi connectivity index (χ3v) is 1.60. The Balaban J connectivity index is 2.61. The predicted molar refractivity (Wildman–Crippen MR) is 43.0 cm³/mol. The van der Waals surface area contributed by atoms with Crippen LogP contribution >= 0.6 is 0 Å². The summed E-state index contributed by atoms with van der Waals surface area (Å²) in [6.07, 6.45) is 5.09. The molecule has 0 aromatic heterocycles. The van der Waals surface area contributed by atoms with Gasteiger partial charge in [-0.1, -0.05) is 5.92 Å². The molecule has 1 saturated heterocycles. The van der Waals surface area contributed by atoms with E-state index in [9.17, 15) is 4.79 Å². The maximum absolute atomic E-state index is 11.1. The number of rotatable bonds is 1. The lowest BCUT2D eigenvalue weighted by Crippen LogP contribution is -2.36. The minimum atomic E-state index is -0.131. The maximum atomic E-state index is 11.1. The van der Waals surface area contributed by atoms with Gasteiger partial charge in [-0.2, -0.15) is 0 Å². The number of nitrogens with one attached hydrogen (secondary N) is 1. The second-order valence-electron chi connectivity index (χ2n) is 3.37. The van der Waals surface area contributed by atoms with Crippen LogP contribution in [0.1, 0.15) is 13.8 Å². The van der Waals surface area contributed by atoms with E-state index >= 15 is 0 Å². The number of amides is 2. The highest BCUT2D eigenvalue weighted by Crippen LogP contribution is 2.12. The smallest absolute Gasteiger partial charge is 0.318 e. The predicted octanol–water partition coefficient (Wildman–Crippen LogP) is 0.423. The van der Waals surface area contributed by atoms with Gasteiger partial charge in [-0.15, -0.1) is 6.42 Å². The third-order valence-electron chi connectivity index (χ3n) is 1.60. The van der Waals surface area contributed by atoms with E-state index in [1.807, 2.05) is 13.8 Å². The molecule has 0 aromatic carbocycles. The average molecular weight is 152 g/mol. The van der Waals surface area contributed by atoms with E-state index in [0.29, 0.717) is 13.1 Å². The van der Waals surface area contributed by atoms with E-state index in [-0.39, 0.29) is 11.6 Å². The second kappa shape index (κ2) is 2.46. The normalized spacial score (nSPS) is 21.2. The van der Waals surface area contributed by atoms with Crippen LogP contribution < -0.4 is 5.32 Å². The quantitative estimate of drug-likeness (QED) is 0.543. The van der Waals surface area contributed by atoms with E-state index in [0.717, 1.165) is 0 Å². The van der Waals surface area contributed by atoms with Crippen molar-refractivity contribution in [2.45, 2.75) is 19.4 Å². The largest absolute Gasteiger partial charge is 0.331 e. The highest BCUT2D eigenvalue weighted by atomic mass is 16.2. The molecule has 0 spiro atoms. The molecule has 11 heavy (non-hydrogen) atoms. The molecule has 1 heterocycles. The number of nitrogens with zero attached hydrogens (tertiary/aromatic N) is 1. The monoisotopic (exact) mass is 152 g/mol. The van der Waals surface area contributed by atoms with Gasteiger partial charge < -0.3 is 10.2 Å². The molecule has 2 amide bonds. The van der Waals surface area contributed by atoms with Gasteiger partial charge in [0.15, 0.2) is 0 Å². The first-order chi connectivity index (χ1) is 5.05. The van der Waals surface area contributed by atoms with E-state index < -0.39 is 0 Å². The van der Waals surface area contributed by atoms with Gasteiger partial charge >= 0.3 is 6.03 Å².